The first kappa shape index (κ1) is 9.53. The minimum absolute atomic E-state index is 0.274. The molecular weight excluding hydrogens is 174 g/mol. The Hall–Kier alpha value is -1.02. The molecule has 1 aromatic rings. The van der Waals surface area contributed by atoms with E-state index in [9.17, 15) is 0 Å². The van der Waals surface area contributed by atoms with Crippen LogP contribution < -0.4 is 5.73 Å². The van der Waals surface area contributed by atoms with Crippen LogP contribution in [0.2, 0.25) is 0 Å². The van der Waals surface area contributed by atoms with Crippen LogP contribution in [0.4, 0.5) is 5.69 Å². The normalized spacial score (nSPS) is 18.1. The number of nitrogen functional groups attached to an aromatic ring is 1. The summed E-state index contributed by atoms with van der Waals surface area (Å²) in [5.74, 6) is 1.30. The van der Waals surface area contributed by atoms with Crippen molar-refractivity contribution in [1.29, 1.82) is 0 Å². The van der Waals surface area contributed by atoms with E-state index in [0.717, 1.165) is 18.0 Å². The molecule has 0 aliphatic heterocycles. The maximum absolute atomic E-state index is 9.01. The Labute approximate surface area is 84.7 Å². The Morgan fingerprint density at radius 1 is 1.43 bits per heavy atom. The summed E-state index contributed by atoms with van der Waals surface area (Å²) < 4.78 is 0. The van der Waals surface area contributed by atoms with Gasteiger partial charge in [0, 0.05) is 12.3 Å². The SMILES string of the molecule is Nc1cccc(C(CCO)C2CC2)c1. The van der Waals surface area contributed by atoms with Crippen molar-refractivity contribution in [3.05, 3.63) is 29.8 Å². The number of aliphatic hydroxyl groups is 1. The van der Waals surface area contributed by atoms with Gasteiger partial charge >= 0.3 is 0 Å². The van der Waals surface area contributed by atoms with Crippen LogP contribution in [0.1, 0.15) is 30.7 Å². The number of nitrogens with two attached hydrogens (primary N) is 1. The molecule has 1 aromatic carbocycles. The van der Waals surface area contributed by atoms with Crippen LogP contribution in [-0.2, 0) is 0 Å². The highest BCUT2D eigenvalue weighted by Crippen LogP contribution is 2.44. The van der Waals surface area contributed by atoms with Crippen molar-refractivity contribution in [2.45, 2.75) is 25.2 Å². The molecule has 2 rings (SSSR count). The maximum Gasteiger partial charge on any atom is 0.0436 e. The summed E-state index contributed by atoms with van der Waals surface area (Å²) in [6.07, 6.45) is 3.48. The summed E-state index contributed by atoms with van der Waals surface area (Å²) in [6.45, 7) is 0.274. The van der Waals surface area contributed by atoms with E-state index < -0.39 is 0 Å². The van der Waals surface area contributed by atoms with Gasteiger partial charge in [-0.1, -0.05) is 12.1 Å². The molecule has 1 saturated carbocycles. The summed E-state index contributed by atoms with van der Waals surface area (Å²) in [5, 5.41) is 9.01. The van der Waals surface area contributed by atoms with Gasteiger partial charge in [-0.3, -0.25) is 0 Å². The van der Waals surface area contributed by atoms with E-state index in [2.05, 4.69) is 6.07 Å². The Bertz CT molecular complexity index is 307. The Kier molecular flexibility index (Phi) is 2.73. The number of anilines is 1. The number of rotatable bonds is 4. The number of hydrogen-bond acceptors (Lipinski definition) is 2. The lowest BCUT2D eigenvalue weighted by molar-refractivity contribution is 0.270. The third kappa shape index (κ3) is 2.07. The molecule has 0 amide bonds. The largest absolute Gasteiger partial charge is 0.399 e. The summed E-state index contributed by atoms with van der Waals surface area (Å²) in [5.41, 5.74) is 7.87. The van der Waals surface area contributed by atoms with E-state index in [-0.39, 0.29) is 6.61 Å². The van der Waals surface area contributed by atoms with Gasteiger partial charge in [0.2, 0.25) is 0 Å². The van der Waals surface area contributed by atoms with Crippen LogP contribution in [0.25, 0.3) is 0 Å². The summed E-state index contributed by atoms with van der Waals surface area (Å²) in [7, 11) is 0. The lowest BCUT2D eigenvalue weighted by Crippen LogP contribution is -2.04. The van der Waals surface area contributed by atoms with Crippen LogP contribution in [0.15, 0.2) is 24.3 Å². The fraction of sp³-hybridized carbons (Fsp3) is 0.500. The fourth-order valence-electron chi connectivity index (χ4n) is 2.10. The van der Waals surface area contributed by atoms with Crippen molar-refractivity contribution in [2.75, 3.05) is 12.3 Å². The first-order valence-corrected chi connectivity index (χ1v) is 5.27. The van der Waals surface area contributed by atoms with Gasteiger partial charge in [0.05, 0.1) is 0 Å². The van der Waals surface area contributed by atoms with E-state index in [4.69, 9.17) is 10.8 Å². The zero-order valence-electron chi connectivity index (χ0n) is 8.32. The lowest BCUT2D eigenvalue weighted by atomic mass is 9.91. The third-order valence-electron chi connectivity index (χ3n) is 2.97. The third-order valence-corrected chi connectivity index (χ3v) is 2.97. The van der Waals surface area contributed by atoms with Crippen LogP contribution in [0, 0.1) is 5.92 Å². The second-order valence-corrected chi connectivity index (χ2v) is 4.13. The second-order valence-electron chi connectivity index (χ2n) is 4.13. The zero-order chi connectivity index (χ0) is 9.97. The Morgan fingerprint density at radius 2 is 2.21 bits per heavy atom. The van der Waals surface area contributed by atoms with Crippen molar-refractivity contribution in [2.24, 2.45) is 5.92 Å². The van der Waals surface area contributed by atoms with Gasteiger partial charge in [-0.25, -0.2) is 0 Å². The number of aliphatic hydroxyl groups excluding tert-OH is 1. The highest BCUT2D eigenvalue weighted by Gasteiger charge is 2.31. The van der Waals surface area contributed by atoms with Gasteiger partial charge in [0.1, 0.15) is 0 Å². The molecule has 1 aliphatic carbocycles. The average molecular weight is 191 g/mol. The molecule has 76 valence electrons. The highest BCUT2D eigenvalue weighted by atomic mass is 16.3. The first-order chi connectivity index (χ1) is 6.81. The van der Waals surface area contributed by atoms with Crippen molar-refractivity contribution < 1.29 is 5.11 Å². The van der Waals surface area contributed by atoms with Crippen molar-refractivity contribution in [3.8, 4) is 0 Å². The Morgan fingerprint density at radius 3 is 2.79 bits per heavy atom. The lowest BCUT2D eigenvalue weighted by Gasteiger charge is -2.15. The van der Waals surface area contributed by atoms with E-state index in [1.807, 2.05) is 18.2 Å². The smallest absolute Gasteiger partial charge is 0.0436 e. The van der Waals surface area contributed by atoms with Crippen LogP contribution >= 0.6 is 0 Å². The molecule has 0 bridgehead atoms. The highest BCUT2D eigenvalue weighted by molar-refractivity contribution is 5.42. The summed E-state index contributed by atoms with van der Waals surface area (Å²) >= 11 is 0. The molecule has 0 spiro atoms. The minimum atomic E-state index is 0.274. The van der Waals surface area contributed by atoms with Gasteiger partial charge in [-0.05, 0) is 48.8 Å². The second kappa shape index (κ2) is 4.01. The van der Waals surface area contributed by atoms with E-state index in [1.54, 1.807) is 0 Å². The molecule has 0 radical (unpaired) electrons. The maximum atomic E-state index is 9.01. The predicted octanol–water partition coefficient (Wildman–Crippen LogP) is 2.14. The Balaban J connectivity index is 2.16. The molecule has 3 N–H and O–H groups in total. The average Bonchev–Trinajstić information content (AvgIpc) is 2.97. The standard InChI is InChI=1S/C12H17NO/c13-11-3-1-2-10(8-11)12(6-7-14)9-4-5-9/h1-3,8-9,12,14H,4-7,13H2. The molecule has 1 atom stereocenters. The van der Waals surface area contributed by atoms with Gasteiger partial charge in [-0.15, -0.1) is 0 Å². The fourth-order valence-corrected chi connectivity index (χ4v) is 2.10. The molecule has 1 aliphatic rings. The van der Waals surface area contributed by atoms with E-state index >= 15 is 0 Å². The van der Waals surface area contributed by atoms with Gasteiger partial charge < -0.3 is 10.8 Å². The molecule has 2 nitrogen and oxygen atoms in total. The molecule has 0 saturated heterocycles. The molecule has 2 heteroatoms. The number of hydrogen-bond donors (Lipinski definition) is 2. The molecule has 0 heterocycles. The van der Waals surface area contributed by atoms with Crippen LogP contribution in [0.5, 0.6) is 0 Å². The van der Waals surface area contributed by atoms with E-state index in [1.165, 1.54) is 18.4 Å². The van der Waals surface area contributed by atoms with Gasteiger partial charge in [-0.2, -0.15) is 0 Å². The summed E-state index contributed by atoms with van der Waals surface area (Å²) in [6, 6.07) is 8.07. The van der Waals surface area contributed by atoms with Gasteiger partial charge in [0.15, 0.2) is 0 Å². The first-order valence-electron chi connectivity index (χ1n) is 5.27. The zero-order valence-corrected chi connectivity index (χ0v) is 8.32. The van der Waals surface area contributed by atoms with Crippen LogP contribution in [-0.4, -0.2) is 11.7 Å². The monoisotopic (exact) mass is 191 g/mol. The van der Waals surface area contributed by atoms with Crippen molar-refractivity contribution in [3.63, 3.8) is 0 Å². The van der Waals surface area contributed by atoms with Crippen LogP contribution in [0.3, 0.4) is 0 Å². The molecule has 0 aromatic heterocycles. The van der Waals surface area contributed by atoms with Gasteiger partial charge in [0.25, 0.3) is 0 Å². The van der Waals surface area contributed by atoms with Crippen molar-refractivity contribution >= 4 is 5.69 Å². The molecule has 1 fully saturated rings. The molecule has 14 heavy (non-hydrogen) atoms. The van der Waals surface area contributed by atoms with E-state index in [0.29, 0.717) is 5.92 Å². The predicted molar refractivity (Wildman–Crippen MR) is 58.0 cm³/mol. The number of benzene rings is 1. The molecule has 1 unspecified atom stereocenters. The minimum Gasteiger partial charge on any atom is -0.399 e. The quantitative estimate of drug-likeness (QED) is 0.716. The summed E-state index contributed by atoms with van der Waals surface area (Å²) in [4.78, 5) is 0. The topological polar surface area (TPSA) is 46.2 Å². The van der Waals surface area contributed by atoms with Crippen molar-refractivity contribution in [1.82, 2.24) is 0 Å². The molecular formula is C12H17NO.